The van der Waals surface area contributed by atoms with Crippen LogP contribution in [0.5, 0.6) is 0 Å². The van der Waals surface area contributed by atoms with Crippen LogP contribution in [-0.4, -0.2) is 10.9 Å². The van der Waals surface area contributed by atoms with Crippen LogP contribution in [0, 0.1) is 0 Å². The molecule has 0 saturated heterocycles. The minimum atomic E-state index is -2.79. The fraction of sp³-hybridized carbons (Fsp3) is 0.400. The Balaban J connectivity index is 1.98. The Bertz CT molecular complexity index is 802. The summed E-state index contributed by atoms with van der Waals surface area (Å²) in [5.41, 5.74) is 2.53. The van der Waals surface area contributed by atoms with Gasteiger partial charge in [-0.05, 0) is 53.5 Å². The smallest absolute Gasteiger partial charge is 0.281 e. The van der Waals surface area contributed by atoms with Gasteiger partial charge in [0, 0.05) is 11.9 Å². The molecule has 1 heterocycles. The summed E-state index contributed by atoms with van der Waals surface area (Å²) in [7, 11) is 0. The molecule has 0 bridgehead atoms. The maximum absolute atomic E-state index is 13.1. The first-order valence-corrected chi connectivity index (χ1v) is 8.53. The van der Waals surface area contributed by atoms with E-state index in [2.05, 4.69) is 37.1 Å². The highest BCUT2D eigenvalue weighted by Gasteiger charge is 2.37. The molecule has 1 aliphatic rings. The number of pyridine rings is 1. The van der Waals surface area contributed by atoms with Crippen LogP contribution < -0.4 is 5.32 Å². The van der Waals surface area contributed by atoms with E-state index in [1.54, 1.807) is 0 Å². The number of hydrogen-bond acceptors (Lipinski definition) is 2. The Morgan fingerprint density at radius 3 is 2.76 bits per heavy atom. The third-order valence-corrected chi connectivity index (χ3v) is 5.03. The topological polar surface area (TPSA) is 42.0 Å². The monoisotopic (exact) mass is 344 g/mol. The third-order valence-electron chi connectivity index (χ3n) is 5.03. The van der Waals surface area contributed by atoms with Gasteiger partial charge in [-0.15, -0.1) is 0 Å². The van der Waals surface area contributed by atoms with Gasteiger partial charge < -0.3 is 5.32 Å². The lowest BCUT2D eigenvalue weighted by Gasteiger charge is -2.19. The number of aromatic nitrogens is 1. The molecule has 0 spiro atoms. The number of carbonyl (C=O) groups excluding carboxylic acids is 1. The molecule has 3 nitrogen and oxygen atoms in total. The fourth-order valence-electron chi connectivity index (χ4n) is 3.85. The van der Waals surface area contributed by atoms with Crippen molar-refractivity contribution in [2.24, 2.45) is 0 Å². The molecule has 1 atom stereocenters. The highest BCUT2D eigenvalue weighted by atomic mass is 19.3. The number of carbonyl (C=O) groups is 1. The molecule has 1 amide bonds. The molecule has 0 unspecified atom stereocenters. The summed E-state index contributed by atoms with van der Waals surface area (Å²) in [6, 6.07) is 8.72. The molecule has 25 heavy (non-hydrogen) atoms. The number of rotatable bonds is 4. The van der Waals surface area contributed by atoms with Gasteiger partial charge in [-0.2, -0.15) is 0 Å². The van der Waals surface area contributed by atoms with Crippen LogP contribution in [0.4, 0.5) is 14.5 Å². The number of nitrogens with one attached hydrogen (secondary N) is 1. The normalized spacial score (nSPS) is 18.2. The Labute approximate surface area is 146 Å². The molecule has 0 saturated carbocycles. The third kappa shape index (κ3) is 3.15. The number of benzene rings is 1. The lowest BCUT2D eigenvalue weighted by Crippen LogP contribution is -2.17. The number of alkyl halides is 2. The molecule has 1 aliphatic carbocycles. The molecule has 0 radical (unpaired) electrons. The van der Waals surface area contributed by atoms with Gasteiger partial charge in [-0.3, -0.25) is 9.78 Å². The van der Waals surface area contributed by atoms with Gasteiger partial charge in [0.1, 0.15) is 5.69 Å². The first kappa shape index (κ1) is 17.5. The summed E-state index contributed by atoms with van der Waals surface area (Å²) < 4.78 is 26.2. The van der Waals surface area contributed by atoms with Crippen LogP contribution in [0.3, 0.4) is 0 Å². The molecular weight excluding hydrogens is 322 g/mol. The minimum absolute atomic E-state index is 0.0409. The van der Waals surface area contributed by atoms with Gasteiger partial charge in [0.05, 0.1) is 5.56 Å². The summed E-state index contributed by atoms with van der Waals surface area (Å²) in [6.45, 7) is 6.52. The predicted molar refractivity (Wildman–Crippen MR) is 94.3 cm³/mol. The Kier molecular flexibility index (Phi) is 4.58. The number of fused-ring (bicyclic) bond motifs is 1. The fourth-order valence-corrected chi connectivity index (χ4v) is 3.85. The van der Waals surface area contributed by atoms with Gasteiger partial charge in [-0.1, -0.05) is 32.9 Å². The molecule has 3 rings (SSSR count). The Morgan fingerprint density at radius 2 is 2.08 bits per heavy atom. The zero-order chi connectivity index (χ0) is 18.2. The van der Waals surface area contributed by atoms with Crippen molar-refractivity contribution in [1.82, 2.24) is 4.98 Å². The van der Waals surface area contributed by atoms with Crippen LogP contribution >= 0.6 is 0 Å². The van der Waals surface area contributed by atoms with Gasteiger partial charge >= 0.3 is 0 Å². The zero-order valence-electron chi connectivity index (χ0n) is 14.6. The van der Waals surface area contributed by atoms with Crippen molar-refractivity contribution in [2.45, 2.75) is 51.4 Å². The van der Waals surface area contributed by atoms with Crippen LogP contribution in [0.2, 0.25) is 0 Å². The largest absolute Gasteiger partial charge is 0.322 e. The molecule has 1 N–H and O–H groups in total. The van der Waals surface area contributed by atoms with E-state index in [0.717, 1.165) is 18.4 Å². The second-order valence-electron chi connectivity index (χ2n) is 7.15. The van der Waals surface area contributed by atoms with Crippen molar-refractivity contribution in [3.05, 3.63) is 58.9 Å². The van der Waals surface area contributed by atoms with E-state index < -0.39 is 18.0 Å². The van der Waals surface area contributed by atoms with Crippen molar-refractivity contribution >= 4 is 11.6 Å². The van der Waals surface area contributed by atoms with E-state index in [-0.39, 0.29) is 11.0 Å². The highest BCUT2D eigenvalue weighted by Crippen LogP contribution is 2.49. The van der Waals surface area contributed by atoms with Crippen LogP contribution in [-0.2, 0) is 5.41 Å². The standard InChI is InChI=1S/C20H22F2N2O/c1-4-12-11-20(2,3)14-8-5-9-15(16(12)14)24-19(25)13-7-6-10-23-17(13)18(21)22/h5-10,12,18H,4,11H2,1-3H3,(H,24,25)/t12-/m1/s1. The highest BCUT2D eigenvalue weighted by molar-refractivity contribution is 6.05. The van der Waals surface area contributed by atoms with Crippen LogP contribution in [0.1, 0.15) is 73.1 Å². The minimum Gasteiger partial charge on any atom is -0.322 e. The van der Waals surface area contributed by atoms with E-state index in [1.807, 2.05) is 12.1 Å². The number of hydrogen-bond donors (Lipinski definition) is 1. The number of anilines is 1. The molecule has 1 aromatic carbocycles. The van der Waals surface area contributed by atoms with E-state index in [4.69, 9.17) is 0 Å². The average molecular weight is 344 g/mol. The van der Waals surface area contributed by atoms with Gasteiger partial charge in [0.15, 0.2) is 0 Å². The SMILES string of the molecule is CC[C@@H]1CC(C)(C)c2cccc(NC(=O)c3cccnc3C(F)F)c21. The van der Waals surface area contributed by atoms with Crippen LogP contribution in [0.25, 0.3) is 0 Å². The summed E-state index contributed by atoms with van der Waals surface area (Å²) in [5.74, 6) is -0.193. The van der Waals surface area contributed by atoms with Gasteiger partial charge in [-0.25, -0.2) is 8.78 Å². The molecule has 2 aromatic rings. The van der Waals surface area contributed by atoms with E-state index in [0.29, 0.717) is 11.6 Å². The van der Waals surface area contributed by atoms with E-state index >= 15 is 0 Å². The maximum Gasteiger partial charge on any atom is 0.281 e. The maximum atomic E-state index is 13.1. The first-order valence-electron chi connectivity index (χ1n) is 8.53. The lowest BCUT2D eigenvalue weighted by molar-refractivity contribution is 0.100. The average Bonchev–Trinajstić information content (AvgIpc) is 2.86. The summed E-state index contributed by atoms with van der Waals surface area (Å²) in [6.07, 6.45) is 0.471. The zero-order valence-corrected chi connectivity index (χ0v) is 14.6. The lowest BCUT2D eigenvalue weighted by atomic mass is 9.86. The molecule has 5 heteroatoms. The van der Waals surface area contributed by atoms with E-state index in [9.17, 15) is 13.6 Å². The molecule has 0 aliphatic heterocycles. The summed E-state index contributed by atoms with van der Waals surface area (Å²) in [5, 5.41) is 2.84. The van der Waals surface area contributed by atoms with Gasteiger partial charge in [0.25, 0.3) is 12.3 Å². The van der Waals surface area contributed by atoms with Gasteiger partial charge in [0.2, 0.25) is 0 Å². The summed E-state index contributed by atoms with van der Waals surface area (Å²) >= 11 is 0. The van der Waals surface area contributed by atoms with Crippen molar-refractivity contribution < 1.29 is 13.6 Å². The summed E-state index contributed by atoms with van der Waals surface area (Å²) in [4.78, 5) is 16.3. The first-order chi connectivity index (χ1) is 11.8. The number of halogens is 2. The van der Waals surface area contributed by atoms with Crippen LogP contribution in [0.15, 0.2) is 36.5 Å². The second-order valence-corrected chi connectivity index (χ2v) is 7.15. The Morgan fingerprint density at radius 1 is 1.32 bits per heavy atom. The molecule has 0 fully saturated rings. The van der Waals surface area contributed by atoms with Crippen molar-refractivity contribution in [2.75, 3.05) is 5.32 Å². The Hall–Kier alpha value is -2.30. The predicted octanol–water partition coefficient (Wildman–Crippen LogP) is 5.45. The number of nitrogens with zero attached hydrogens (tertiary/aromatic N) is 1. The van der Waals surface area contributed by atoms with E-state index in [1.165, 1.54) is 23.9 Å². The molecular formula is C20H22F2N2O. The quantitative estimate of drug-likeness (QED) is 0.802. The van der Waals surface area contributed by atoms with Crippen molar-refractivity contribution in [1.29, 1.82) is 0 Å². The molecule has 1 aromatic heterocycles. The molecule has 132 valence electrons. The van der Waals surface area contributed by atoms with Crippen molar-refractivity contribution in [3.8, 4) is 0 Å². The second kappa shape index (κ2) is 6.54. The van der Waals surface area contributed by atoms with Crippen molar-refractivity contribution in [3.63, 3.8) is 0 Å². The number of amides is 1.